The highest BCUT2D eigenvalue weighted by atomic mass is 31.2. The third-order valence-electron chi connectivity index (χ3n) is 2.40. The van der Waals surface area contributed by atoms with Crippen LogP contribution in [0, 0.1) is 0 Å². The predicted octanol–water partition coefficient (Wildman–Crippen LogP) is -3.62. The van der Waals surface area contributed by atoms with Crippen molar-refractivity contribution >= 4 is 25.9 Å². The molecule has 0 rings (SSSR count). The monoisotopic (exact) mass is 446 g/mol. The summed E-state index contributed by atoms with van der Waals surface area (Å²) in [7, 11) is 16.1. The Labute approximate surface area is 174 Å². The first-order chi connectivity index (χ1) is 12.7. The molecule has 3 N–H and O–H groups in total. The van der Waals surface area contributed by atoms with Gasteiger partial charge < -0.3 is 34.6 Å². The molecule has 0 fully saturated rings. The third kappa shape index (κ3) is 30.9. The van der Waals surface area contributed by atoms with Crippen LogP contribution < -0.4 is 14.7 Å². The number of amidine groups is 3. The van der Waals surface area contributed by atoms with Gasteiger partial charge in [-0.15, -0.1) is 0 Å². The summed E-state index contributed by atoms with van der Waals surface area (Å²) in [6.45, 7) is 0. The molecule has 0 aromatic carbocycles. The summed E-state index contributed by atoms with van der Waals surface area (Å²) < 4.78 is 13.5. The number of hydrogen-bond donors (Lipinski definition) is 3. The highest BCUT2D eigenvalue weighted by Gasteiger charge is 2.06. The molecule has 0 radical (unpaired) electrons. The summed E-state index contributed by atoms with van der Waals surface area (Å²) in [5, 5.41) is 26.9. The van der Waals surface area contributed by atoms with E-state index in [1.807, 2.05) is 0 Å². The lowest BCUT2D eigenvalue weighted by Crippen LogP contribution is -2.28. The van der Waals surface area contributed by atoms with Crippen LogP contribution in [0.15, 0.2) is 0 Å². The summed E-state index contributed by atoms with van der Waals surface area (Å²) in [5.74, 6) is 0. The molecular weight excluding hydrogens is 407 g/mol. The van der Waals surface area contributed by atoms with Gasteiger partial charge in [-0.1, -0.05) is 0 Å². The number of rotatable bonds is 0. The highest BCUT2D eigenvalue weighted by molar-refractivity contribution is 7.40. The minimum atomic E-state index is -5.39. The van der Waals surface area contributed by atoms with Crippen LogP contribution in [0.3, 0.4) is 0 Å². The average molecular weight is 446 g/mol. The number of aliphatic hydroxyl groups is 3. The number of phosphoric acid groups is 1. The molecule has 0 heterocycles. The fourth-order valence-electron chi connectivity index (χ4n) is 1.20. The summed E-state index contributed by atoms with van der Waals surface area (Å²) >= 11 is 0. The van der Waals surface area contributed by atoms with E-state index >= 15 is 0 Å². The summed E-state index contributed by atoms with van der Waals surface area (Å²) in [4.78, 5) is 30.6. The Morgan fingerprint density at radius 3 is 0.690 bits per heavy atom. The Balaban J connectivity index is -0.000000146. The van der Waals surface area contributed by atoms with Crippen LogP contribution in [0.2, 0.25) is 0 Å². The topological polar surface area (TPSA) is 166 Å². The molecule has 0 amide bonds. The Morgan fingerprint density at radius 2 is 0.690 bits per heavy atom. The van der Waals surface area contributed by atoms with E-state index in [9.17, 15) is 0 Å². The molecular formula is C15H39N6O7P. The van der Waals surface area contributed by atoms with E-state index in [0.717, 1.165) is 0 Å². The molecule has 176 valence electrons. The Hall–Kier alpha value is -2.08. The Bertz CT molecular complexity index is 511. The van der Waals surface area contributed by atoms with Gasteiger partial charge in [0, 0.05) is 0 Å². The van der Waals surface area contributed by atoms with Crippen LogP contribution in [0.1, 0.15) is 0 Å². The second-order valence-electron chi connectivity index (χ2n) is 6.71. The zero-order valence-electron chi connectivity index (χ0n) is 19.6. The van der Waals surface area contributed by atoms with Crippen LogP contribution in [-0.4, -0.2) is 146 Å². The maximum atomic E-state index is 8.97. The first-order valence-electron chi connectivity index (χ1n) is 8.11. The molecule has 0 spiro atoms. The minimum Gasteiger partial charge on any atom is -0.822 e. The molecule has 0 saturated heterocycles. The fraction of sp³-hybridized carbons (Fsp3) is 0.800. The van der Waals surface area contributed by atoms with E-state index in [1.54, 1.807) is 113 Å². The predicted molar refractivity (Wildman–Crippen MR) is 108 cm³/mol. The van der Waals surface area contributed by atoms with Crippen LogP contribution in [0.4, 0.5) is 0 Å². The summed E-state index contributed by atoms with van der Waals surface area (Å²) in [6.07, 6.45) is 0. The van der Waals surface area contributed by atoms with Gasteiger partial charge in [-0.2, -0.15) is 7.82 Å². The quantitative estimate of drug-likeness (QED) is 0.146. The SMILES string of the molecule is CN(C)C(O)=[N+](C)C.CN(C)C(O)=[N+](C)C.CN(C)C(O)=[N+](C)C.O=P([O-])([O-])[O-]. The van der Waals surface area contributed by atoms with Crippen molar-refractivity contribution in [1.29, 1.82) is 0 Å². The van der Waals surface area contributed by atoms with E-state index in [4.69, 9.17) is 34.6 Å². The summed E-state index contributed by atoms with van der Waals surface area (Å²) in [6, 6.07) is 0.806. The average Bonchev–Trinajstić information content (AvgIpc) is 2.51. The van der Waals surface area contributed by atoms with E-state index < -0.39 is 7.82 Å². The Kier molecular flexibility index (Phi) is 20.0. The molecule has 0 aliphatic carbocycles. The van der Waals surface area contributed by atoms with Gasteiger partial charge in [0.25, 0.3) is 0 Å². The standard InChI is InChI=1S/3C5H12N2O.H3O4P/c3*1-6(2)5(8)7(3)4;1-5(2,3)4/h3*1-4H3;(H3,1,2,3,4). The first kappa shape index (κ1) is 34.4. The van der Waals surface area contributed by atoms with Crippen molar-refractivity contribution in [3.8, 4) is 0 Å². The molecule has 29 heavy (non-hydrogen) atoms. The van der Waals surface area contributed by atoms with Gasteiger partial charge in [0.1, 0.15) is 0 Å². The lowest BCUT2D eigenvalue weighted by atomic mass is 10.8. The molecule has 0 aliphatic heterocycles. The lowest BCUT2D eigenvalue weighted by molar-refractivity contribution is -0.479. The zero-order valence-corrected chi connectivity index (χ0v) is 20.5. The van der Waals surface area contributed by atoms with Crippen molar-refractivity contribution in [2.75, 3.05) is 84.6 Å². The maximum Gasteiger partial charge on any atom is 0.442 e. The fourth-order valence-corrected chi connectivity index (χ4v) is 1.20. The van der Waals surface area contributed by atoms with E-state index in [2.05, 4.69) is 0 Å². The number of hydrogen-bond acceptors (Lipinski definition) is 4. The van der Waals surface area contributed by atoms with E-state index in [0.29, 0.717) is 0 Å². The smallest absolute Gasteiger partial charge is 0.442 e. The zero-order chi connectivity index (χ0) is 24.7. The normalized spacial score (nSPS) is 9.07. The lowest BCUT2D eigenvalue weighted by Gasteiger charge is -2.36. The van der Waals surface area contributed by atoms with E-state index in [1.165, 1.54) is 0 Å². The van der Waals surface area contributed by atoms with Crippen molar-refractivity contribution in [3.05, 3.63) is 0 Å². The molecule has 0 saturated carbocycles. The van der Waals surface area contributed by atoms with Gasteiger partial charge in [-0.05, 0) is 0 Å². The van der Waals surface area contributed by atoms with Crippen LogP contribution in [-0.2, 0) is 4.57 Å². The van der Waals surface area contributed by atoms with Gasteiger partial charge in [0.15, 0.2) is 0 Å². The molecule has 0 aliphatic rings. The Morgan fingerprint density at radius 1 is 0.586 bits per heavy atom. The summed E-state index contributed by atoms with van der Waals surface area (Å²) in [5.41, 5.74) is 0. The van der Waals surface area contributed by atoms with Crippen molar-refractivity contribution < 1.29 is 48.3 Å². The molecule has 0 bridgehead atoms. The van der Waals surface area contributed by atoms with E-state index in [-0.39, 0.29) is 18.1 Å². The minimum absolute atomic E-state index is 0.269. The maximum absolute atomic E-state index is 8.97. The van der Waals surface area contributed by atoms with Crippen molar-refractivity contribution in [2.24, 2.45) is 0 Å². The second-order valence-corrected chi connectivity index (χ2v) is 7.61. The molecule has 0 atom stereocenters. The van der Waals surface area contributed by atoms with Gasteiger partial charge in [0.2, 0.25) is 0 Å². The van der Waals surface area contributed by atoms with Gasteiger partial charge in [0.05, 0.1) is 84.6 Å². The van der Waals surface area contributed by atoms with Crippen molar-refractivity contribution in [1.82, 2.24) is 14.7 Å². The largest absolute Gasteiger partial charge is 0.822 e. The van der Waals surface area contributed by atoms with Crippen molar-refractivity contribution in [3.63, 3.8) is 0 Å². The van der Waals surface area contributed by atoms with Crippen LogP contribution >= 0.6 is 7.82 Å². The third-order valence-corrected chi connectivity index (χ3v) is 2.40. The number of nitrogens with zero attached hydrogens (tertiary/aromatic N) is 6. The molecule has 13 nitrogen and oxygen atoms in total. The molecule has 14 heteroatoms. The van der Waals surface area contributed by atoms with Crippen molar-refractivity contribution in [2.45, 2.75) is 0 Å². The van der Waals surface area contributed by atoms with Gasteiger partial charge >= 0.3 is 18.1 Å². The highest BCUT2D eigenvalue weighted by Crippen LogP contribution is 2.03. The van der Waals surface area contributed by atoms with Crippen LogP contribution in [0.25, 0.3) is 0 Å². The molecule has 0 aromatic heterocycles. The first-order valence-corrected chi connectivity index (χ1v) is 9.57. The van der Waals surface area contributed by atoms with Crippen LogP contribution in [0.5, 0.6) is 0 Å². The number of aliphatic hydroxyl groups excluding tert-OH is 3. The van der Waals surface area contributed by atoms with Gasteiger partial charge in [-0.3, -0.25) is 0 Å². The van der Waals surface area contributed by atoms with Gasteiger partial charge in [-0.25, -0.2) is 28.4 Å². The molecule has 0 unspecified atom stereocenters. The molecule has 0 aromatic rings. The second kappa shape index (κ2) is 16.8.